The Morgan fingerprint density at radius 1 is 1.09 bits per heavy atom. The number of hydrogen-bond donors (Lipinski definition) is 1. The Hall–Kier alpha value is -3.01. The Morgan fingerprint density at radius 3 is 2.63 bits per heavy atom. The van der Waals surface area contributed by atoms with E-state index in [4.69, 9.17) is 9.47 Å². The molecule has 3 aliphatic heterocycles. The molecule has 0 radical (unpaired) electrons. The van der Waals surface area contributed by atoms with E-state index in [2.05, 4.69) is 54.9 Å². The maximum Gasteiger partial charge on any atom is 0.254 e. The monoisotopic (exact) mass is 474 g/mol. The molecule has 2 saturated heterocycles. The van der Waals surface area contributed by atoms with E-state index in [9.17, 15) is 9.90 Å². The number of aliphatic hydroxyl groups excluding tert-OH is 1. The summed E-state index contributed by atoms with van der Waals surface area (Å²) in [6.45, 7) is 6.99. The highest BCUT2D eigenvalue weighted by Gasteiger charge is 2.49. The van der Waals surface area contributed by atoms with Crippen LogP contribution in [0.15, 0.2) is 42.5 Å². The van der Waals surface area contributed by atoms with Crippen LogP contribution < -0.4 is 9.47 Å². The van der Waals surface area contributed by atoms with Gasteiger partial charge in [0.2, 0.25) is 6.79 Å². The van der Waals surface area contributed by atoms with Crippen molar-refractivity contribution in [3.63, 3.8) is 0 Å². The third-order valence-corrected chi connectivity index (χ3v) is 7.32. The number of carbonyl (C=O) groups is 1. The first-order valence-electron chi connectivity index (χ1n) is 12.7. The van der Waals surface area contributed by atoms with Gasteiger partial charge in [-0.1, -0.05) is 37.8 Å². The zero-order valence-corrected chi connectivity index (χ0v) is 20.6. The number of amides is 1. The summed E-state index contributed by atoms with van der Waals surface area (Å²) in [6, 6.07) is 14.1. The first-order chi connectivity index (χ1) is 17.0. The highest BCUT2D eigenvalue weighted by molar-refractivity contribution is 5.95. The number of rotatable bonds is 4. The maximum absolute atomic E-state index is 13.5. The van der Waals surface area contributed by atoms with Crippen LogP contribution in [-0.4, -0.2) is 65.9 Å². The fourth-order valence-corrected chi connectivity index (χ4v) is 5.48. The van der Waals surface area contributed by atoms with Crippen LogP contribution in [0, 0.1) is 17.8 Å². The Bertz CT molecular complexity index is 1120. The molecule has 0 aliphatic carbocycles. The van der Waals surface area contributed by atoms with E-state index in [0.717, 1.165) is 37.9 Å². The summed E-state index contributed by atoms with van der Waals surface area (Å²) in [7, 11) is 0. The second-order valence-electron chi connectivity index (χ2n) is 10.1. The number of ether oxygens (including phenoxy) is 2. The number of aliphatic hydroxyl groups is 1. The van der Waals surface area contributed by atoms with Gasteiger partial charge in [0.15, 0.2) is 11.5 Å². The van der Waals surface area contributed by atoms with Crippen molar-refractivity contribution >= 4 is 5.91 Å². The third-order valence-electron chi connectivity index (χ3n) is 7.32. The Kier molecular flexibility index (Phi) is 6.99. The van der Waals surface area contributed by atoms with Gasteiger partial charge in [0, 0.05) is 48.6 Å². The van der Waals surface area contributed by atoms with E-state index in [1.807, 2.05) is 17.0 Å². The SMILES string of the molecule is CC(C)CC#Cc1ccc([C@@H]2[C@H]3CN(C(=O)c4ccc5c(c4)OCO5)CCCCN3[C@H]2CO)cc1. The van der Waals surface area contributed by atoms with E-state index in [1.54, 1.807) is 6.07 Å². The lowest BCUT2D eigenvalue weighted by atomic mass is 9.74. The van der Waals surface area contributed by atoms with E-state index in [-0.39, 0.29) is 37.3 Å². The predicted octanol–water partition coefficient (Wildman–Crippen LogP) is 3.88. The molecule has 3 heterocycles. The molecule has 1 amide bonds. The molecule has 35 heavy (non-hydrogen) atoms. The van der Waals surface area contributed by atoms with Crippen molar-refractivity contribution in [2.24, 2.45) is 5.92 Å². The maximum atomic E-state index is 13.5. The molecule has 1 N–H and O–H groups in total. The van der Waals surface area contributed by atoms with Gasteiger partial charge < -0.3 is 19.5 Å². The number of nitrogens with zero attached hydrogens (tertiary/aromatic N) is 2. The minimum absolute atomic E-state index is 0.0205. The predicted molar refractivity (Wildman–Crippen MR) is 135 cm³/mol. The van der Waals surface area contributed by atoms with Crippen LogP contribution in [0.5, 0.6) is 11.5 Å². The Labute approximate surface area is 207 Å². The van der Waals surface area contributed by atoms with Crippen LogP contribution in [0.2, 0.25) is 0 Å². The highest BCUT2D eigenvalue weighted by atomic mass is 16.7. The van der Waals surface area contributed by atoms with Gasteiger partial charge in [-0.25, -0.2) is 0 Å². The second-order valence-corrected chi connectivity index (χ2v) is 10.1. The van der Waals surface area contributed by atoms with Crippen LogP contribution in [0.4, 0.5) is 0 Å². The Morgan fingerprint density at radius 2 is 1.86 bits per heavy atom. The first kappa shape index (κ1) is 23.7. The van der Waals surface area contributed by atoms with Gasteiger partial charge in [0.1, 0.15) is 0 Å². The van der Waals surface area contributed by atoms with Crippen molar-refractivity contribution in [3.8, 4) is 23.3 Å². The highest BCUT2D eigenvalue weighted by Crippen LogP contribution is 2.42. The van der Waals surface area contributed by atoms with Gasteiger partial charge in [-0.05, 0) is 61.2 Å². The zero-order chi connectivity index (χ0) is 24.4. The van der Waals surface area contributed by atoms with Crippen molar-refractivity contribution in [2.45, 2.75) is 51.1 Å². The van der Waals surface area contributed by atoms with Crippen molar-refractivity contribution in [1.29, 1.82) is 0 Å². The molecule has 0 saturated carbocycles. The average molecular weight is 475 g/mol. The molecular weight excluding hydrogens is 440 g/mol. The van der Waals surface area contributed by atoms with Gasteiger partial charge in [0.25, 0.3) is 5.91 Å². The summed E-state index contributed by atoms with van der Waals surface area (Å²) in [4.78, 5) is 17.8. The van der Waals surface area contributed by atoms with Gasteiger partial charge >= 0.3 is 0 Å². The summed E-state index contributed by atoms with van der Waals surface area (Å²) in [6.07, 6.45) is 2.85. The summed E-state index contributed by atoms with van der Waals surface area (Å²) in [5, 5.41) is 10.2. The molecule has 0 spiro atoms. The van der Waals surface area contributed by atoms with E-state index < -0.39 is 0 Å². The van der Waals surface area contributed by atoms with Crippen LogP contribution in [0.3, 0.4) is 0 Å². The van der Waals surface area contributed by atoms with Gasteiger partial charge in [-0.3, -0.25) is 9.69 Å². The van der Waals surface area contributed by atoms with Crippen molar-refractivity contribution in [2.75, 3.05) is 33.0 Å². The standard InChI is InChI=1S/C29H34N2O4/c1-20(2)6-5-7-21-8-10-22(11-9-21)28-24-17-30(14-3-4-15-31(24)25(28)18-32)29(33)23-12-13-26-27(16-23)35-19-34-26/h8-13,16,20,24-25,28,32H,3-4,6,14-15,17-19H2,1-2H3/t24-,25+,28-/m1/s1. The van der Waals surface area contributed by atoms with E-state index in [0.29, 0.717) is 29.5 Å². The van der Waals surface area contributed by atoms with Gasteiger partial charge in [-0.2, -0.15) is 0 Å². The largest absolute Gasteiger partial charge is 0.454 e. The lowest BCUT2D eigenvalue weighted by Gasteiger charge is -2.57. The van der Waals surface area contributed by atoms with Crippen molar-refractivity contribution < 1.29 is 19.4 Å². The number of carbonyl (C=O) groups excluding carboxylic acids is 1. The summed E-state index contributed by atoms with van der Waals surface area (Å²) in [5.41, 5.74) is 2.85. The number of benzene rings is 2. The van der Waals surface area contributed by atoms with Crippen LogP contribution in [0.25, 0.3) is 0 Å². The van der Waals surface area contributed by atoms with Crippen LogP contribution in [-0.2, 0) is 0 Å². The molecule has 6 heteroatoms. The molecule has 0 unspecified atom stereocenters. The summed E-state index contributed by atoms with van der Waals surface area (Å²) >= 11 is 0. The fraction of sp³-hybridized carbons (Fsp3) is 0.483. The minimum Gasteiger partial charge on any atom is -0.454 e. The van der Waals surface area contributed by atoms with Crippen molar-refractivity contribution in [3.05, 3.63) is 59.2 Å². The topological polar surface area (TPSA) is 62.2 Å². The number of hydrogen-bond acceptors (Lipinski definition) is 5. The normalized spacial score (nSPS) is 23.5. The second kappa shape index (κ2) is 10.3. The average Bonchev–Trinajstić information content (AvgIpc) is 3.31. The molecule has 2 fully saturated rings. The molecule has 3 aliphatic rings. The molecule has 6 nitrogen and oxygen atoms in total. The van der Waals surface area contributed by atoms with Gasteiger partial charge in [-0.15, -0.1) is 0 Å². The fourth-order valence-electron chi connectivity index (χ4n) is 5.48. The molecule has 5 rings (SSSR count). The van der Waals surface area contributed by atoms with Crippen LogP contribution in [0.1, 0.15) is 60.5 Å². The molecule has 2 aromatic carbocycles. The zero-order valence-electron chi connectivity index (χ0n) is 20.6. The lowest BCUT2D eigenvalue weighted by Crippen LogP contribution is -2.67. The Balaban J connectivity index is 1.34. The first-order valence-corrected chi connectivity index (χ1v) is 12.7. The molecule has 2 aromatic rings. The third kappa shape index (κ3) is 4.89. The van der Waals surface area contributed by atoms with E-state index >= 15 is 0 Å². The summed E-state index contributed by atoms with van der Waals surface area (Å²) < 4.78 is 10.9. The molecule has 3 atom stereocenters. The van der Waals surface area contributed by atoms with Crippen molar-refractivity contribution in [1.82, 2.24) is 9.80 Å². The number of fused-ring (bicyclic) bond motifs is 2. The smallest absolute Gasteiger partial charge is 0.254 e. The van der Waals surface area contributed by atoms with Crippen LogP contribution >= 0.6 is 0 Å². The lowest BCUT2D eigenvalue weighted by molar-refractivity contribution is -0.0606. The minimum atomic E-state index is 0.0205. The molecule has 0 aromatic heterocycles. The molecular formula is C29H34N2O4. The van der Waals surface area contributed by atoms with E-state index in [1.165, 1.54) is 5.56 Å². The quantitative estimate of drug-likeness (QED) is 0.682. The molecule has 0 bridgehead atoms. The van der Waals surface area contributed by atoms with Gasteiger partial charge in [0.05, 0.1) is 6.61 Å². The summed E-state index contributed by atoms with van der Waals surface area (Å²) in [5.74, 6) is 8.58. The molecule has 184 valence electrons.